The number of fused-ring (bicyclic) bond motifs is 1. The number of imidazole rings is 1. The van der Waals surface area contributed by atoms with Crippen LogP contribution in [0.4, 0.5) is 19.0 Å². The first kappa shape index (κ1) is 22.9. The van der Waals surface area contributed by atoms with Crippen molar-refractivity contribution in [3.63, 3.8) is 0 Å². The number of hydrogen-bond acceptors (Lipinski definition) is 6. The van der Waals surface area contributed by atoms with E-state index in [-0.39, 0.29) is 19.0 Å². The molecule has 3 aromatic rings. The summed E-state index contributed by atoms with van der Waals surface area (Å²) in [4.78, 5) is 16.8. The molecule has 0 amide bonds. The van der Waals surface area contributed by atoms with Gasteiger partial charge in [-0.3, -0.25) is 4.90 Å². The molecule has 4 rings (SSSR count). The van der Waals surface area contributed by atoms with Crippen molar-refractivity contribution in [1.82, 2.24) is 24.8 Å². The van der Waals surface area contributed by atoms with Crippen LogP contribution >= 0.6 is 23.2 Å². The molecule has 1 fully saturated rings. The molecule has 1 unspecified atom stereocenters. The lowest BCUT2D eigenvalue weighted by Gasteiger charge is -2.44. The second kappa shape index (κ2) is 8.92. The van der Waals surface area contributed by atoms with E-state index in [4.69, 9.17) is 27.9 Å². The average Bonchev–Trinajstić information content (AvgIpc) is 3.19. The number of nitrogens with zero attached hydrogens (tertiary/aromatic N) is 4. The SMILES string of the molecule is COc1c(CCNc2ncnc3[nH]cnc23)cc(Cl)c(Cl)c1C1CN(C(C)C(F)(F)F)C1. The number of nitrogens with one attached hydrogen (secondary N) is 2. The summed E-state index contributed by atoms with van der Waals surface area (Å²) in [6, 6.07) is 0.213. The lowest BCUT2D eigenvalue weighted by molar-refractivity contribution is -0.189. The predicted octanol–water partition coefficient (Wildman–Crippen LogP) is 4.67. The van der Waals surface area contributed by atoms with Crippen molar-refractivity contribution in [1.29, 1.82) is 0 Å². The first-order valence-electron chi connectivity index (χ1n) is 9.94. The van der Waals surface area contributed by atoms with Gasteiger partial charge in [0, 0.05) is 31.1 Å². The highest BCUT2D eigenvalue weighted by Crippen LogP contribution is 2.45. The van der Waals surface area contributed by atoms with E-state index >= 15 is 0 Å². The molecule has 0 radical (unpaired) electrons. The van der Waals surface area contributed by atoms with E-state index in [1.807, 2.05) is 0 Å². The number of benzene rings is 1. The molecule has 0 bridgehead atoms. The zero-order chi connectivity index (χ0) is 23.0. The molecule has 0 aliphatic carbocycles. The first-order chi connectivity index (χ1) is 15.2. The molecule has 1 atom stereocenters. The fourth-order valence-corrected chi connectivity index (χ4v) is 4.43. The van der Waals surface area contributed by atoms with E-state index in [1.54, 1.807) is 12.4 Å². The normalized spacial score (nSPS) is 16.2. The first-order valence-corrected chi connectivity index (χ1v) is 10.7. The molecule has 7 nitrogen and oxygen atoms in total. The van der Waals surface area contributed by atoms with Gasteiger partial charge < -0.3 is 15.0 Å². The van der Waals surface area contributed by atoms with Crippen molar-refractivity contribution in [2.75, 3.05) is 32.1 Å². The van der Waals surface area contributed by atoms with Crippen LogP contribution in [-0.4, -0.2) is 63.8 Å². The van der Waals surface area contributed by atoms with E-state index < -0.39 is 12.2 Å². The minimum atomic E-state index is -4.27. The molecule has 1 aliphatic rings. The summed E-state index contributed by atoms with van der Waals surface area (Å²) in [5.74, 6) is 0.947. The maximum absolute atomic E-state index is 13.0. The Balaban J connectivity index is 1.51. The van der Waals surface area contributed by atoms with Gasteiger partial charge in [0.25, 0.3) is 0 Å². The number of likely N-dealkylation sites (tertiary alicyclic amines) is 1. The molecule has 32 heavy (non-hydrogen) atoms. The van der Waals surface area contributed by atoms with Gasteiger partial charge in [0.15, 0.2) is 11.5 Å². The molecule has 0 saturated carbocycles. The zero-order valence-electron chi connectivity index (χ0n) is 17.3. The van der Waals surface area contributed by atoms with Gasteiger partial charge in [-0.1, -0.05) is 23.2 Å². The molecule has 3 heterocycles. The second-order valence-electron chi connectivity index (χ2n) is 7.65. The van der Waals surface area contributed by atoms with Crippen molar-refractivity contribution in [3.05, 3.63) is 39.9 Å². The van der Waals surface area contributed by atoms with Crippen molar-refractivity contribution >= 4 is 40.2 Å². The highest BCUT2D eigenvalue weighted by Gasteiger charge is 2.46. The summed E-state index contributed by atoms with van der Waals surface area (Å²) in [7, 11) is 1.52. The van der Waals surface area contributed by atoms with Crippen LogP contribution in [0.2, 0.25) is 10.0 Å². The predicted molar refractivity (Wildman–Crippen MR) is 117 cm³/mol. The smallest absolute Gasteiger partial charge is 0.403 e. The Morgan fingerprint density at radius 1 is 1.28 bits per heavy atom. The highest BCUT2D eigenvalue weighted by molar-refractivity contribution is 6.42. The third kappa shape index (κ3) is 4.31. The summed E-state index contributed by atoms with van der Waals surface area (Å²) >= 11 is 12.8. The molecular formula is C20H21Cl2F3N6O. The minimum Gasteiger partial charge on any atom is -0.496 e. The lowest BCUT2D eigenvalue weighted by Crippen LogP contribution is -2.54. The summed E-state index contributed by atoms with van der Waals surface area (Å²) < 4.78 is 44.7. The maximum Gasteiger partial charge on any atom is 0.403 e. The molecule has 12 heteroatoms. The molecule has 2 aromatic heterocycles. The molecule has 1 aliphatic heterocycles. The molecule has 1 aromatic carbocycles. The van der Waals surface area contributed by atoms with E-state index in [9.17, 15) is 13.2 Å². The van der Waals surface area contributed by atoms with E-state index in [0.29, 0.717) is 51.3 Å². The monoisotopic (exact) mass is 488 g/mol. The van der Waals surface area contributed by atoms with Gasteiger partial charge in [0.05, 0.1) is 23.5 Å². The number of H-pyrrole nitrogens is 1. The standard InChI is InChI=1S/C20H21Cl2F3N6O/c1-10(20(23,24)25)31-6-12(7-31)14-15(22)13(21)5-11(17(14)32-2)3-4-26-18-16-19(28-8-27-16)30-9-29-18/h5,8-10,12H,3-4,6-7H2,1-2H3,(H2,26,27,28,29,30). The van der Waals surface area contributed by atoms with Crippen LogP contribution in [0, 0.1) is 0 Å². The third-order valence-electron chi connectivity index (χ3n) is 5.73. The number of alkyl halides is 3. The van der Waals surface area contributed by atoms with Crippen molar-refractivity contribution in [2.24, 2.45) is 0 Å². The number of aromatic amines is 1. The minimum absolute atomic E-state index is 0.196. The van der Waals surface area contributed by atoms with E-state index in [1.165, 1.54) is 18.3 Å². The number of methoxy groups -OCH3 is 1. The summed E-state index contributed by atoms with van der Waals surface area (Å²) in [5.41, 5.74) is 2.71. The lowest BCUT2D eigenvalue weighted by atomic mass is 9.87. The van der Waals surface area contributed by atoms with Crippen LogP contribution in [0.15, 0.2) is 18.7 Å². The highest BCUT2D eigenvalue weighted by atomic mass is 35.5. The summed E-state index contributed by atoms with van der Waals surface area (Å²) in [6.07, 6.45) is -0.769. The van der Waals surface area contributed by atoms with Gasteiger partial charge in [0.2, 0.25) is 0 Å². The van der Waals surface area contributed by atoms with Crippen LogP contribution in [-0.2, 0) is 6.42 Å². The van der Waals surface area contributed by atoms with Crippen LogP contribution < -0.4 is 10.1 Å². The average molecular weight is 489 g/mol. The van der Waals surface area contributed by atoms with Gasteiger partial charge >= 0.3 is 6.18 Å². The number of ether oxygens (including phenoxy) is 1. The fraction of sp³-hybridized carbons (Fsp3) is 0.450. The Labute approximate surface area is 192 Å². The number of halogens is 5. The quantitative estimate of drug-likeness (QED) is 0.502. The van der Waals surface area contributed by atoms with Gasteiger partial charge in [-0.05, 0) is 25.0 Å². The van der Waals surface area contributed by atoms with Gasteiger partial charge in [-0.15, -0.1) is 0 Å². The van der Waals surface area contributed by atoms with Crippen LogP contribution in [0.5, 0.6) is 5.75 Å². The Bertz CT molecular complexity index is 1120. The molecule has 0 spiro atoms. The largest absolute Gasteiger partial charge is 0.496 e. The number of rotatable bonds is 7. The Hall–Kier alpha value is -2.30. The zero-order valence-corrected chi connectivity index (χ0v) is 18.8. The van der Waals surface area contributed by atoms with Crippen LogP contribution in [0.25, 0.3) is 11.2 Å². The molecule has 2 N–H and O–H groups in total. The Morgan fingerprint density at radius 3 is 2.72 bits per heavy atom. The van der Waals surface area contributed by atoms with Crippen molar-refractivity contribution < 1.29 is 17.9 Å². The Morgan fingerprint density at radius 2 is 2.03 bits per heavy atom. The van der Waals surface area contributed by atoms with E-state index in [0.717, 1.165) is 12.5 Å². The van der Waals surface area contributed by atoms with Gasteiger partial charge in [-0.25, -0.2) is 15.0 Å². The summed E-state index contributed by atoms with van der Waals surface area (Å²) in [6.45, 7) is 2.11. The maximum atomic E-state index is 13.0. The second-order valence-corrected chi connectivity index (χ2v) is 8.43. The molecular weight excluding hydrogens is 468 g/mol. The topological polar surface area (TPSA) is 79.0 Å². The van der Waals surface area contributed by atoms with Crippen molar-refractivity contribution in [2.45, 2.75) is 31.5 Å². The number of hydrogen-bond donors (Lipinski definition) is 2. The number of anilines is 1. The van der Waals surface area contributed by atoms with Crippen molar-refractivity contribution in [3.8, 4) is 5.75 Å². The fourth-order valence-electron chi connectivity index (χ4n) is 3.90. The molecule has 172 valence electrons. The van der Waals surface area contributed by atoms with Gasteiger partial charge in [-0.2, -0.15) is 13.2 Å². The van der Waals surface area contributed by atoms with E-state index in [2.05, 4.69) is 25.3 Å². The summed E-state index contributed by atoms with van der Waals surface area (Å²) in [5, 5.41) is 3.89. The van der Waals surface area contributed by atoms with Crippen LogP contribution in [0.1, 0.15) is 24.0 Å². The Kier molecular flexibility index (Phi) is 6.37. The number of aromatic nitrogens is 4. The van der Waals surface area contributed by atoms with Gasteiger partial charge in [0.1, 0.15) is 23.6 Å². The third-order valence-corrected chi connectivity index (χ3v) is 6.53. The van der Waals surface area contributed by atoms with Crippen LogP contribution in [0.3, 0.4) is 0 Å². The molecule has 1 saturated heterocycles.